The topological polar surface area (TPSA) is 48.9 Å². The molecule has 0 aromatic heterocycles. The zero-order valence-corrected chi connectivity index (χ0v) is 16.4. The van der Waals surface area contributed by atoms with E-state index in [1.54, 1.807) is 26.3 Å². The molecular formula is C20H33FN4O. The summed E-state index contributed by atoms with van der Waals surface area (Å²) in [6, 6.07) is 6.95. The normalized spacial score (nSPS) is 16.4. The molecule has 2 rings (SSSR count). The van der Waals surface area contributed by atoms with Crippen LogP contribution in [0.1, 0.15) is 31.2 Å². The van der Waals surface area contributed by atoms with Gasteiger partial charge in [0.1, 0.15) is 5.82 Å². The van der Waals surface area contributed by atoms with Crippen molar-refractivity contribution in [1.82, 2.24) is 15.5 Å². The molecule has 1 aromatic carbocycles. The van der Waals surface area contributed by atoms with Crippen LogP contribution >= 0.6 is 0 Å². The van der Waals surface area contributed by atoms with E-state index in [0.29, 0.717) is 0 Å². The lowest BCUT2D eigenvalue weighted by molar-refractivity contribution is 0.180. The molecule has 6 heteroatoms. The number of benzene rings is 1. The first-order valence-electron chi connectivity index (χ1n) is 9.48. The third-order valence-electron chi connectivity index (χ3n) is 5.26. The molecule has 0 aliphatic heterocycles. The fourth-order valence-corrected chi connectivity index (χ4v) is 3.40. The Morgan fingerprint density at radius 1 is 1.23 bits per heavy atom. The van der Waals surface area contributed by atoms with Crippen molar-refractivity contribution in [2.45, 2.75) is 31.1 Å². The number of nitrogens with zero attached hydrogens (tertiary/aromatic N) is 2. The van der Waals surface area contributed by atoms with Gasteiger partial charge in [0.25, 0.3) is 0 Å². The van der Waals surface area contributed by atoms with Crippen molar-refractivity contribution in [3.05, 3.63) is 35.6 Å². The van der Waals surface area contributed by atoms with Gasteiger partial charge in [0, 0.05) is 52.4 Å². The lowest BCUT2D eigenvalue weighted by Gasteiger charge is -2.43. The van der Waals surface area contributed by atoms with Gasteiger partial charge in [-0.1, -0.05) is 18.6 Å². The van der Waals surface area contributed by atoms with E-state index < -0.39 is 0 Å². The van der Waals surface area contributed by atoms with Crippen molar-refractivity contribution in [2.24, 2.45) is 4.99 Å². The van der Waals surface area contributed by atoms with Crippen LogP contribution in [0.4, 0.5) is 4.39 Å². The van der Waals surface area contributed by atoms with Crippen LogP contribution in [-0.2, 0) is 10.2 Å². The molecule has 2 N–H and O–H groups in total. The molecule has 0 unspecified atom stereocenters. The van der Waals surface area contributed by atoms with Crippen LogP contribution in [-0.4, -0.2) is 64.9 Å². The minimum atomic E-state index is -0.178. The molecule has 0 saturated heterocycles. The molecule has 26 heavy (non-hydrogen) atoms. The van der Waals surface area contributed by atoms with E-state index in [2.05, 4.69) is 27.6 Å². The summed E-state index contributed by atoms with van der Waals surface area (Å²) in [5.74, 6) is 0.645. The van der Waals surface area contributed by atoms with E-state index >= 15 is 0 Å². The molecule has 0 heterocycles. The van der Waals surface area contributed by atoms with E-state index in [4.69, 9.17) is 4.74 Å². The Labute approximate surface area is 157 Å². The molecule has 0 bridgehead atoms. The minimum Gasteiger partial charge on any atom is -0.385 e. The average molecular weight is 365 g/mol. The summed E-state index contributed by atoms with van der Waals surface area (Å²) in [7, 11) is 5.65. The van der Waals surface area contributed by atoms with Gasteiger partial charge in [-0.3, -0.25) is 4.99 Å². The number of aliphatic imine (C=N–C) groups is 1. The van der Waals surface area contributed by atoms with Gasteiger partial charge in [0.2, 0.25) is 0 Å². The quantitative estimate of drug-likeness (QED) is 0.380. The first-order valence-corrected chi connectivity index (χ1v) is 9.48. The van der Waals surface area contributed by atoms with Crippen molar-refractivity contribution >= 4 is 5.96 Å². The highest BCUT2D eigenvalue weighted by Crippen LogP contribution is 2.43. The molecule has 5 nitrogen and oxygen atoms in total. The number of methoxy groups -OCH3 is 1. The smallest absolute Gasteiger partial charge is 0.191 e. The van der Waals surface area contributed by atoms with Crippen LogP contribution in [0.3, 0.4) is 0 Å². The highest BCUT2D eigenvalue weighted by Gasteiger charge is 2.38. The van der Waals surface area contributed by atoms with Crippen LogP contribution in [0, 0.1) is 5.82 Å². The first kappa shape index (κ1) is 20.6. The summed E-state index contributed by atoms with van der Waals surface area (Å²) in [4.78, 5) is 6.61. The van der Waals surface area contributed by atoms with Gasteiger partial charge in [-0.05, 0) is 44.0 Å². The largest absolute Gasteiger partial charge is 0.385 e. The molecule has 1 aliphatic rings. The highest BCUT2D eigenvalue weighted by molar-refractivity contribution is 5.79. The average Bonchev–Trinajstić information content (AvgIpc) is 2.60. The number of likely N-dealkylation sites (N-methyl/N-ethyl adjacent to an activating group) is 1. The summed E-state index contributed by atoms with van der Waals surface area (Å²) in [5.41, 5.74) is 1.31. The van der Waals surface area contributed by atoms with Crippen LogP contribution in [0.25, 0.3) is 0 Å². The number of guanidine groups is 1. The molecule has 1 aromatic rings. The Morgan fingerprint density at radius 3 is 2.54 bits per heavy atom. The fourth-order valence-electron chi connectivity index (χ4n) is 3.40. The lowest BCUT2D eigenvalue weighted by Crippen LogP contribution is -2.49. The second kappa shape index (κ2) is 10.5. The predicted octanol–water partition coefficient (Wildman–Crippen LogP) is 2.38. The van der Waals surface area contributed by atoms with Crippen molar-refractivity contribution in [2.75, 3.05) is 54.0 Å². The summed E-state index contributed by atoms with van der Waals surface area (Å²) in [6.07, 6.45) is 4.52. The van der Waals surface area contributed by atoms with E-state index in [0.717, 1.165) is 58.0 Å². The molecule has 0 amide bonds. The third kappa shape index (κ3) is 5.95. The molecule has 146 valence electrons. The number of halogens is 1. The van der Waals surface area contributed by atoms with Gasteiger partial charge in [-0.2, -0.15) is 0 Å². The van der Waals surface area contributed by atoms with Crippen LogP contribution in [0.5, 0.6) is 0 Å². The maximum absolute atomic E-state index is 13.2. The molecule has 0 spiro atoms. The Kier molecular flexibility index (Phi) is 8.32. The SMILES string of the molecule is CN=C(NCCN(C)CCCOC)NCC1(c2ccc(F)cc2)CCC1. The summed E-state index contributed by atoms with van der Waals surface area (Å²) >= 11 is 0. The number of nitrogens with one attached hydrogen (secondary N) is 2. The van der Waals surface area contributed by atoms with E-state index in [9.17, 15) is 4.39 Å². The third-order valence-corrected chi connectivity index (χ3v) is 5.26. The number of hydrogen-bond acceptors (Lipinski definition) is 3. The van der Waals surface area contributed by atoms with Crippen LogP contribution < -0.4 is 10.6 Å². The molecule has 1 saturated carbocycles. The monoisotopic (exact) mass is 364 g/mol. The number of rotatable bonds is 10. The Morgan fingerprint density at radius 2 is 1.96 bits per heavy atom. The molecule has 1 aliphatic carbocycles. The molecule has 1 fully saturated rings. The summed E-state index contributed by atoms with van der Waals surface area (Å²) in [6.45, 7) is 4.43. The second-order valence-corrected chi connectivity index (χ2v) is 7.14. The van der Waals surface area contributed by atoms with Gasteiger partial charge in [-0.15, -0.1) is 0 Å². The van der Waals surface area contributed by atoms with Crippen molar-refractivity contribution in [3.63, 3.8) is 0 Å². The predicted molar refractivity (Wildman–Crippen MR) is 105 cm³/mol. The Balaban J connectivity index is 1.76. The maximum Gasteiger partial charge on any atom is 0.191 e. The summed E-state index contributed by atoms with van der Waals surface area (Å²) < 4.78 is 18.3. The highest BCUT2D eigenvalue weighted by atomic mass is 19.1. The standard InChI is InChI=1S/C20H33FN4O/c1-22-19(23-12-14-25(2)13-5-15-26-3)24-16-20(10-4-11-20)17-6-8-18(21)9-7-17/h6-9H,4-5,10-16H2,1-3H3,(H2,22,23,24). The van der Waals surface area contributed by atoms with Crippen molar-refractivity contribution < 1.29 is 9.13 Å². The number of hydrogen-bond donors (Lipinski definition) is 2. The Hall–Kier alpha value is -1.66. The molecule has 0 radical (unpaired) electrons. The fraction of sp³-hybridized carbons (Fsp3) is 0.650. The van der Waals surface area contributed by atoms with Crippen LogP contribution in [0.2, 0.25) is 0 Å². The number of ether oxygens (including phenoxy) is 1. The van der Waals surface area contributed by atoms with E-state index in [1.165, 1.54) is 12.0 Å². The van der Waals surface area contributed by atoms with Crippen LogP contribution in [0.15, 0.2) is 29.3 Å². The molecular weight excluding hydrogens is 331 g/mol. The summed E-state index contributed by atoms with van der Waals surface area (Å²) in [5, 5.41) is 6.84. The van der Waals surface area contributed by atoms with Crippen molar-refractivity contribution in [1.29, 1.82) is 0 Å². The van der Waals surface area contributed by atoms with Gasteiger partial charge in [0.05, 0.1) is 0 Å². The minimum absolute atomic E-state index is 0.0995. The van der Waals surface area contributed by atoms with E-state index in [1.807, 2.05) is 12.1 Å². The lowest BCUT2D eigenvalue weighted by atomic mass is 9.64. The van der Waals surface area contributed by atoms with Gasteiger partial charge in [0.15, 0.2) is 5.96 Å². The first-order chi connectivity index (χ1) is 12.6. The van der Waals surface area contributed by atoms with Gasteiger partial charge in [-0.25, -0.2) is 4.39 Å². The zero-order valence-electron chi connectivity index (χ0n) is 16.4. The molecule has 0 atom stereocenters. The van der Waals surface area contributed by atoms with Crippen molar-refractivity contribution in [3.8, 4) is 0 Å². The van der Waals surface area contributed by atoms with Gasteiger partial charge < -0.3 is 20.3 Å². The second-order valence-electron chi connectivity index (χ2n) is 7.14. The van der Waals surface area contributed by atoms with E-state index in [-0.39, 0.29) is 11.2 Å². The zero-order chi connectivity index (χ0) is 18.8. The maximum atomic E-state index is 13.2. The van der Waals surface area contributed by atoms with Gasteiger partial charge >= 0.3 is 0 Å². The Bertz CT molecular complexity index is 557.